The number of phenols is 1. The summed E-state index contributed by atoms with van der Waals surface area (Å²) in [5.41, 5.74) is 6.10. The van der Waals surface area contributed by atoms with Crippen LogP contribution in [0, 0.1) is 13.8 Å². The van der Waals surface area contributed by atoms with Crippen LogP contribution in [-0.2, 0) is 0 Å². The van der Waals surface area contributed by atoms with E-state index in [1.54, 1.807) is 13.8 Å². The fourth-order valence-electron chi connectivity index (χ4n) is 1.65. The maximum atomic E-state index is 12.6. The van der Waals surface area contributed by atoms with Crippen molar-refractivity contribution in [3.05, 3.63) is 28.8 Å². The minimum Gasteiger partial charge on any atom is -0.507 e. The molecule has 90 valence electrons. The molecule has 0 aliphatic heterocycles. The number of halogens is 3. The molecule has 2 nitrogen and oxygen atoms in total. The average molecular weight is 233 g/mol. The van der Waals surface area contributed by atoms with Crippen molar-refractivity contribution in [3.8, 4) is 5.75 Å². The first-order valence-corrected chi connectivity index (χ1v) is 4.84. The third-order valence-electron chi connectivity index (χ3n) is 2.55. The molecule has 5 heteroatoms. The van der Waals surface area contributed by atoms with E-state index >= 15 is 0 Å². The quantitative estimate of drug-likeness (QED) is 0.824. The van der Waals surface area contributed by atoms with Gasteiger partial charge in [0.15, 0.2) is 0 Å². The van der Waals surface area contributed by atoms with Gasteiger partial charge in [0.05, 0.1) is 5.92 Å². The summed E-state index contributed by atoms with van der Waals surface area (Å²) in [7, 11) is 0. The van der Waals surface area contributed by atoms with E-state index < -0.39 is 18.6 Å². The molecule has 0 spiro atoms. The fraction of sp³-hybridized carbons (Fsp3) is 0.455. The van der Waals surface area contributed by atoms with Gasteiger partial charge in [0.2, 0.25) is 0 Å². The number of nitrogens with two attached hydrogens (primary N) is 1. The highest BCUT2D eigenvalue weighted by Crippen LogP contribution is 2.36. The van der Waals surface area contributed by atoms with Gasteiger partial charge in [-0.25, -0.2) is 0 Å². The Morgan fingerprint density at radius 3 is 2.00 bits per heavy atom. The Balaban J connectivity index is 3.22. The molecule has 1 aromatic rings. The lowest BCUT2D eigenvalue weighted by molar-refractivity contribution is -0.148. The van der Waals surface area contributed by atoms with Crippen molar-refractivity contribution >= 4 is 0 Å². The van der Waals surface area contributed by atoms with Crippen LogP contribution in [0.2, 0.25) is 0 Å². The number of hydrogen-bond acceptors (Lipinski definition) is 2. The molecule has 1 unspecified atom stereocenters. The number of aromatic hydroxyl groups is 1. The normalized spacial score (nSPS) is 13.9. The van der Waals surface area contributed by atoms with Crippen LogP contribution in [0.15, 0.2) is 12.1 Å². The third kappa shape index (κ3) is 2.47. The van der Waals surface area contributed by atoms with Crippen molar-refractivity contribution in [1.29, 1.82) is 0 Å². The molecule has 0 aliphatic rings. The van der Waals surface area contributed by atoms with Crippen LogP contribution in [-0.4, -0.2) is 17.8 Å². The van der Waals surface area contributed by atoms with Crippen molar-refractivity contribution in [2.24, 2.45) is 5.73 Å². The number of benzene rings is 1. The van der Waals surface area contributed by atoms with Gasteiger partial charge in [0.1, 0.15) is 5.75 Å². The largest absolute Gasteiger partial charge is 0.507 e. The second kappa shape index (κ2) is 4.33. The summed E-state index contributed by atoms with van der Waals surface area (Å²) in [5, 5.41) is 9.48. The molecule has 0 aromatic heterocycles. The zero-order valence-electron chi connectivity index (χ0n) is 9.10. The summed E-state index contributed by atoms with van der Waals surface area (Å²) in [5.74, 6) is -1.65. The first-order valence-electron chi connectivity index (χ1n) is 4.84. The molecule has 0 bridgehead atoms. The highest BCUT2D eigenvalue weighted by atomic mass is 19.4. The summed E-state index contributed by atoms with van der Waals surface area (Å²) in [6.07, 6.45) is -4.36. The van der Waals surface area contributed by atoms with Gasteiger partial charge in [-0.1, -0.05) is 12.1 Å². The van der Waals surface area contributed by atoms with Crippen LogP contribution in [0.3, 0.4) is 0 Å². The van der Waals surface area contributed by atoms with Gasteiger partial charge >= 0.3 is 6.18 Å². The molecule has 0 fully saturated rings. The molecule has 0 amide bonds. The minimum absolute atomic E-state index is 0.0293. The Morgan fingerprint density at radius 1 is 1.25 bits per heavy atom. The number of aryl methyl sites for hydroxylation is 2. The molecular weight excluding hydrogens is 219 g/mol. The number of hydrogen-bond donors (Lipinski definition) is 2. The maximum absolute atomic E-state index is 12.6. The van der Waals surface area contributed by atoms with E-state index in [0.29, 0.717) is 11.1 Å². The van der Waals surface area contributed by atoms with Gasteiger partial charge in [-0.3, -0.25) is 0 Å². The maximum Gasteiger partial charge on any atom is 0.396 e. The molecule has 1 aromatic carbocycles. The van der Waals surface area contributed by atoms with Crippen molar-refractivity contribution in [1.82, 2.24) is 0 Å². The zero-order chi connectivity index (χ0) is 12.5. The molecule has 0 radical (unpaired) electrons. The van der Waals surface area contributed by atoms with Gasteiger partial charge in [0, 0.05) is 6.54 Å². The number of rotatable bonds is 2. The van der Waals surface area contributed by atoms with E-state index in [4.69, 9.17) is 5.73 Å². The van der Waals surface area contributed by atoms with E-state index in [2.05, 4.69) is 0 Å². The molecule has 0 aliphatic carbocycles. The highest BCUT2D eigenvalue weighted by Gasteiger charge is 2.39. The lowest BCUT2D eigenvalue weighted by atomic mass is 9.94. The van der Waals surface area contributed by atoms with E-state index in [0.717, 1.165) is 0 Å². The summed E-state index contributed by atoms with van der Waals surface area (Å²) >= 11 is 0. The van der Waals surface area contributed by atoms with Crippen LogP contribution < -0.4 is 5.73 Å². The first-order chi connectivity index (χ1) is 7.27. The second-order valence-corrected chi connectivity index (χ2v) is 3.83. The summed E-state index contributed by atoms with van der Waals surface area (Å²) in [4.78, 5) is 0. The summed E-state index contributed by atoms with van der Waals surface area (Å²) in [6, 6.07) is 2.65. The smallest absolute Gasteiger partial charge is 0.396 e. The van der Waals surface area contributed by atoms with Gasteiger partial charge in [-0.05, 0) is 30.5 Å². The molecule has 1 atom stereocenters. The first kappa shape index (κ1) is 12.8. The van der Waals surface area contributed by atoms with Crippen LogP contribution >= 0.6 is 0 Å². The lowest BCUT2D eigenvalue weighted by Crippen LogP contribution is -2.28. The van der Waals surface area contributed by atoms with Gasteiger partial charge < -0.3 is 10.8 Å². The standard InChI is InChI=1S/C11H14F3NO/c1-6-3-8(4-7(2)10(6)16)9(5-15)11(12,13)14/h3-4,9,16H,5,15H2,1-2H3. The average Bonchev–Trinajstić information content (AvgIpc) is 2.12. The molecule has 3 N–H and O–H groups in total. The predicted molar refractivity (Wildman–Crippen MR) is 55.4 cm³/mol. The summed E-state index contributed by atoms with van der Waals surface area (Å²) < 4.78 is 37.9. The van der Waals surface area contributed by atoms with E-state index in [-0.39, 0.29) is 11.3 Å². The second-order valence-electron chi connectivity index (χ2n) is 3.83. The SMILES string of the molecule is Cc1cc(C(CN)C(F)(F)F)cc(C)c1O. The van der Waals surface area contributed by atoms with E-state index in [9.17, 15) is 18.3 Å². The predicted octanol–water partition coefficient (Wildman–Crippen LogP) is 2.61. The van der Waals surface area contributed by atoms with Crippen molar-refractivity contribution in [2.75, 3.05) is 6.54 Å². The zero-order valence-corrected chi connectivity index (χ0v) is 9.10. The Hall–Kier alpha value is -1.23. The van der Waals surface area contributed by atoms with Crippen LogP contribution in [0.5, 0.6) is 5.75 Å². The Labute approximate surface area is 91.9 Å². The number of phenolic OH excluding ortho intramolecular Hbond substituents is 1. The molecular formula is C11H14F3NO. The Bertz CT molecular complexity index is 364. The fourth-order valence-corrected chi connectivity index (χ4v) is 1.65. The highest BCUT2D eigenvalue weighted by molar-refractivity contribution is 5.43. The molecule has 16 heavy (non-hydrogen) atoms. The molecule has 0 heterocycles. The van der Waals surface area contributed by atoms with E-state index in [1.165, 1.54) is 12.1 Å². The number of alkyl halides is 3. The van der Waals surface area contributed by atoms with Gasteiger partial charge in [0.25, 0.3) is 0 Å². The third-order valence-corrected chi connectivity index (χ3v) is 2.55. The van der Waals surface area contributed by atoms with Crippen molar-refractivity contribution < 1.29 is 18.3 Å². The molecule has 1 rings (SSSR count). The Morgan fingerprint density at radius 2 is 1.69 bits per heavy atom. The van der Waals surface area contributed by atoms with E-state index in [1.807, 2.05) is 0 Å². The van der Waals surface area contributed by atoms with Gasteiger partial charge in [-0.15, -0.1) is 0 Å². The van der Waals surface area contributed by atoms with Crippen LogP contribution in [0.1, 0.15) is 22.6 Å². The molecule has 0 saturated carbocycles. The van der Waals surface area contributed by atoms with Crippen LogP contribution in [0.4, 0.5) is 13.2 Å². The summed E-state index contributed by atoms with van der Waals surface area (Å²) in [6.45, 7) is 2.64. The van der Waals surface area contributed by atoms with Crippen LogP contribution in [0.25, 0.3) is 0 Å². The van der Waals surface area contributed by atoms with Gasteiger partial charge in [-0.2, -0.15) is 13.2 Å². The lowest BCUT2D eigenvalue weighted by Gasteiger charge is -2.20. The molecule has 0 saturated heterocycles. The monoisotopic (exact) mass is 233 g/mol. The topological polar surface area (TPSA) is 46.2 Å². The minimum atomic E-state index is -4.36. The van der Waals surface area contributed by atoms with Crippen molar-refractivity contribution in [2.45, 2.75) is 25.9 Å². The Kier molecular flexibility index (Phi) is 3.48. The van der Waals surface area contributed by atoms with Crippen molar-refractivity contribution in [3.63, 3.8) is 0 Å².